The Balaban J connectivity index is 2.19. The Morgan fingerprint density at radius 1 is 1.30 bits per heavy atom. The van der Waals surface area contributed by atoms with E-state index in [1.54, 1.807) is 18.5 Å². The zero-order valence-corrected chi connectivity index (χ0v) is 13.6. The first-order valence-electron chi connectivity index (χ1n) is 7.38. The van der Waals surface area contributed by atoms with Gasteiger partial charge in [-0.05, 0) is 55.2 Å². The van der Waals surface area contributed by atoms with E-state index in [1.165, 1.54) is 0 Å². The summed E-state index contributed by atoms with van der Waals surface area (Å²) in [6.07, 6.45) is 5.02. The fourth-order valence-electron chi connectivity index (χ4n) is 2.49. The van der Waals surface area contributed by atoms with Crippen molar-refractivity contribution in [1.82, 2.24) is 10.3 Å². The van der Waals surface area contributed by atoms with E-state index in [9.17, 15) is 10.1 Å². The van der Waals surface area contributed by atoms with Crippen molar-refractivity contribution in [2.75, 3.05) is 0 Å². The standard InChI is InChI=1S/C19H19N3O/c1-13-7-14(2)18(15(3)8-13)9-17(10-20)19(23)22-12-16-5-4-6-21-11-16/h4-9,11H,12H2,1-3H3,(H,22,23)/b17-9+. The average Bonchev–Trinajstić information content (AvgIpc) is 2.53. The summed E-state index contributed by atoms with van der Waals surface area (Å²) in [5.41, 5.74) is 5.18. The molecule has 23 heavy (non-hydrogen) atoms. The van der Waals surface area contributed by atoms with E-state index in [1.807, 2.05) is 51.1 Å². The van der Waals surface area contributed by atoms with Crippen LogP contribution < -0.4 is 5.32 Å². The molecule has 1 amide bonds. The molecule has 4 nitrogen and oxygen atoms in total. The molecular weight excluding hydrogens is 286 g/mol. The predicted octanol–water partition coefficient (Wildman–Crippen LogP) is 3.23. The zero-order valence-electron chi connectivity index (χ0n) is 13.6. The normalized spacial score (nSPS) is 11.0. The minimum atomic E-state index is -0.379. The smallest absolute Gasteiger partial charge is 0.262 e. The molecule has 116 valence electrons. The molecule has 2 aromatic rings. The van der Waals surface area contributed by atoms with Crippen LogP contribution in [0.5, 0.6) is 0 Å². The summed E-state index contributed by atoms with van der Waals surface area (Å²) in [4.78, 5) is 16.2. The second-order valence-corrected chi connectivity index (χ2v) is 5.53. The molecule has 4 heteroatoms. The van der Waals surface area contributed by atoms with Gasteiger partial charge in [-0.15, -0.1) is 0 Å². The van der Waals surface area contributed by atoms with Gasteiger partial charge in [0.25, 0.3) is 5.91 Å². The van der Waals surface area contributed by atoms with Crippen LogP contribution in [0.3, 0.4) is 0 Å². The third-order valence-electron chi connectivity index (χ3n) is 3.57. The maximum Gasteiger partial charge on any atom is 0.262 e. The first-order valence-corrected chi connectivity index (χ1v) is 7.38. The Morgan fingerprint density at radius 2 is 2.00 bits per heavy atom. The number of aromatic nitrogens is 1. The molecule has 0 aliphatic carbocycles. The maximum absolute atomic E-state index is 12.2. The molecule has 0 spiro atoms. The van der Waals surface area contributed by atoms with E-state index < -0.39 is 0 Å². The molecule has 1 aromatic heterocycles. The predicted molar refractivity (Wildman–Crippen MR) is 90.3 cm³/mol. The second kappa shape index (κ2) is 7.37. The minimum Gasteiger partial charge on any atom is -0.347 e. The van der Waals surface area contributed by atoms with Gasteiger partial charge in [-0.25, -0.2) is 0 Å². The lowest BCUT2D eigenvalue weighted by Crippen LogP contribution is -2.24. The van der Waals surface area contributed by atoms with E-state index >= 15 is 0 Å². The van der Waals surface area contributed by atoms with Crippen LogP contribution >= 0.6 is 0 Å². The number of hydrogen-bond acceptors (Lipinski definition) is 3. The highest BCUT2D eigenvalue weighted by Gasteiger charge is 2.11. The van der Waals surface area contributed by atoms with E-state index in [2.05, 4.69) is 10.3 Å². The Morgan fingerprint density at radius 3 is 2.57 bits per heavy atom. The van der Waals surface area contributed by atoms with Gasteiger partial charge in [0.1, 0.15) is 11.6 Å². The molecule has 0 radical (unpaired) electrons. The summed E-state index contributed by atoms with van der Waals surface area (Å²) in [7, 11) is 0. The summed E-state index contributed by atoms with van der Waals surface area (Å²) >= 11 is 0. The Labute approximate surface area is 136 Å². The Bertz CT molecular complexity index is 763. The molecule has 1 N–H and O–H groups in total. The highest BCUT2D eigenvalue weighted by atomic mass is 16.1. The van der Waals surface area contributed by atoms with Crippen molar-refractivity contribution < 1.29 is 4.79 Å². The summed E-state index contributed by atoms with van der Waals surface area (Å²) < 4.78 is 0. The van der Waals surface area contributed by atoms with Gasteiger partial charge in [0.2, 0.25) is 0 Å². The lowest BCUT2D eigenvalue weighted by atomic mass is 9.98. The minimum absolute atomic E-state index is 0.101. The fourth-order valence-corrected chi connectivity index (χ4v) is 2.49. The third kappa shape index (κ3) is 4.27. The van der Waals surface area contributed by atoms with Crippen LogP contribution in [0.25, 0.3) is 6.08 Å². The monoisotopic (exact) mass is 305 g/mol. The van der Waals surface area contributed by atoms with Crippen LogP contribution in [0, 0.1) is 32.1 Å². The van der Waals surface area contributed by atoms with Crippen molar-refractivity contribution in [2.24, 2.45) is 0 Å². The number of benzene rings is 1. The van der Waals surface area contributed by atoms with Crippen molar-refractivity contribution in [3.63, 3.8) is 0 Å². The molecule has 1 heterocycles. The molecule has 0 unspecified atom stereocenters. The summed E-state index contributed by atoms with van der Waals surface area (Å²) in [6, 6.07) is 9.75. The second-order valence-electron chi connectivity index (χ2n) is 5.53. The molecule has 0 saturated carbocycles. The molecule has 0 atom stereocenters. The van der Waals surface area contributed by atoms with Crippen LogP contribution in [0.1, 0.15) is 27.8 Å². The molecule has 0 fully saturated rings. The van der Waals surface area contributed by atoms with Crippen LogP contribution in [-0.2, 0) is 11.3 Å². The summed E-state index contributed by atoms with van der Waals surface area (Å²) in [5.74, 6) is -0.379. The van der Waals surface area contributed by atoms with E-state index in [4.69, 9.17) is 0 Å². The van der Waals surface area contributed by atoms with Gasteiger partial charge in [0.15, 0.2) is 0 Å². The SMILES string of the molecule is Cc1cc(C)c(/C=C(\C#N)C(=O)NCc2cccnc2)c(C)c1. The quantitative estimate of drug-likeness (QED) is 0.696. The summed E-state index contributed by atoms with van der Waals surface area (Å²) in [5, 5.41) is 12.1. The molecule has 2 rings (SSSR count). The lowest BCUT2D eigenvalue weighted by Gasteiger charge is -2.09. The maximum atomic E-state index is 12.2. The number of carbonyl (C=O) groups is 1. The van der Waals surface area contributed by atoms with Gasteiger partial charge >= 0.3 is 0 Å². The van der Waals surface area contributed by atoms with Gasteiger partial charge in [-0.3, -0.25) is 9.78 Å². The average molecular weight is 305 g/mol. The number of rotatable bonds is 4. The van der Waals surface area contributed by atoms with Crippen molar-refractivity contribution in [1.29, 1.82) is 5.26 Å². The zero-order chi connectivity index (χ0) is 16.8. The molecule has 0 bridgehead atoms. The van der Waals surface area contributed by atoms with Crippen LogP contribution in [-0.4, -0.2) is 10.9 Å². The topological polar surface area (TPSA) is 65.8 Å². The van der Waals surface area contributed by atoms with Gasteiger partial charge < -0.3 is 5.32 Å². The first-order chi connectivity index (χ1) is 11.0. The number of carbonyl (C=O) groups excluding carboxylic acids is 1. The van der Waals surface area contributed by atoms with Crippen LogP contribution in [0.4, 0.5) is 0 Å². The number of nitrogens with zero attached hydrogens (tertiary/aromatic N) is 2. The number of hydrogen-bond donors (Lipinski definition) is 1. The van der Waals surface area contributed by atoms with Crippen LogP contribution in [0.2, 0.25) is 0 Å². The number of nitrogens with one attached hydrogen (secondary N) is 1. The van der Waals surface area contributed by atoms with Gasteiger partial charge in [0.05, 0.1) is 0 Å². The van der Waals surface area contributed by atoms with Crippen LogP contribution in [0.15, 0.2) is 42.2 Å². The van der Waals surface area contributed by atoms with E-state index in [0.29, 0.717) is 6.54 Å². The molecule has 0 saturated heterocycles. The Kier molecular flexibility index (Phi) is 5.27. The van der Waals surface area contributed by atoms with Crippen molar-refractivity contribution >= 4 is 12.0 Å². The van der Waals surface area contributed by atoms with Gasteiger partial charge in [-0.2, -0.15) is 5.26 Å². The van der Waals surface area contributed by atoms with Crippen molar-refractivity contribution in [3.8, 4) is 6.07 Å². The third-order valence-corrected chi connectivity index (χ3v) is 3.57. The summed E-state index contributed by atoms with van der Waals surface area (Å²) in [6.45, 7) is 6.33. The highest BCUT2D eigenvalue weighted by molar-refractivity contribution is 6.01. The molecule has 0 aliphatic rings. The van der Waals surface area contributed by atoms with Gasteiger partial charge in [0, 0.05) is 18.9 Å². The number of amides is 1. The lowest BCUT2D eigenvalue weighted by molar-refractivity contribution is -0.117. The highest BCUT2D eigenvalue weighted by Crippen LogP contribution is 2.19. The van der Waals surface area contributed by atoms with Gasteiger partial charge in [-0.1, -0.05) is 23.8 Å². The molecule has 0 aliphatic heterocycles. The molecule has 1 aromatic carbocycles. The largest absolute Gasteiger partial charge is 0.347 e. The van der Waals surface area contributed by atoms with E-state index in [-0.39, 0.29) is 11.5 Å². The Hall–Kier alpha value is -2.93. The number of pyridine rings is 1. The fraction of sp³-hybridized carbons (Fsp3) is 0.211. The number of nitriles is 1. The van der Waals surface area contributed by atoms with Crippen molar-refractivity contribution in [3.05, 3.63) is 70.0 Å². The first kappa shape index (κ1) is 16.4. The molecular formula is C19H19N3O. The van der Waals surface area contributed by atoms with E-state index in [0.717, 1.165) is 27.8 Å². The number of aryl methyl sites for hydroxylation is 3. The van der Waals surface area contributed by atoms with Crippen molar-refractivity contribution in [2.45, 2.75) is 27.3 Å².